The summed E-state index contributed by atoms with van der Waals surface area (Å²) in [5, 5.41) is 8.72. The third-order valence-corrected chi connectivity index (χ3v) is 3.32. The SMILES string of the molecule is CC(C#N)CN(C)Cc1ccc(C(=O)NN)s1. The number of amides is 1. The highest BCUT2D eigenvalue weighted by atomic mass is 32.1. The van der Waals surface area contributed by atoms with Crippen LogP contribution in [0.5, 0.6) is 0 Å². The maximum absolute atomic E-state index is 11.3. The maximum Gasteiger partial charge on any atom is 0.275 e. The van der Waals surface area contributed by atoms with Gasteiger partial charge in [-0.2, -0.15) is 5.26 Å². The number of hydrogen-bond acceptors (Lipinski definition) is 5. The second kappa shape index (κ2) is 6.35. The van der Waals surface area contributed by atoms with E-state index in [1.165, 1.54) is 11.3 Å². The fourth-order valence-electron chi connectivity index (χ4n) is 1.49. The van der Waals surface area contributed by atoms with Gasteiger partial charge in [0.25, 0.3) is 5.91 Å². The van der Waals surface area contributed by atoms with Crippen LogP contribution in [0.15, 0.2) is 12.1 Å². The van der Waals surface area contributed by atoms with Crippen LogP contribution in [0.1, 0.15) is 21.5 Å². The summed E-state index contributed by atoms with van der Waals surface area (Å²) < 4.78 is 0. The Hall–Kier alpha value is -1.42. The minimum absolute atomic E-state index is 0.00627. The highest BCUT2D eigenvalue weighted by Crippen LogP contribution is 2.18. The van der Waals surface area contributed by atoms with Gasteiger partial charge < -0.3 is 4.90 Å². The van der Waals surface area contributed by atoms with Gasteiger partial charge in [-0.15, -0.1) is 11.3 Å². The number of carbonyl (C=O) groups is 1. The van der Waals surface area contributed by atoms with Gasteiger partial charge in [0.1, 0.15) is 0 Å². The Balaban J connectivity index is 2.55. The minimum Gasteiger partial charge on any atom is -0.300 e. The molecular formula is C11H16N4OS. The van der Waals surface area contributed by atoms with Gasteiger partial charge >= 0.3 is 0 Å². The Bertz CT molecular complexity index is 423. The number of rotatable bonds is 5. The first-order valence-electron chi connectivity index (χ1n) is 5.24. The number of thiophene rings is 1. The van der Waals surface area contributed by atoms with Crippen LogP contribution in [0.2, 0.25) is 0 Å². The lowest BCUT2D eigenvalue weighted by molar-refractivity contribution is 0.0957. The van der Waals surface area contributed by atoms with E-state index in [0.29, 0.717) is 11.4 Å². The first kappa shape index (κ1) is 13.6. The Morgan fingerprint density at radius 1 is 1.71 bits per heavy atom. The summed E-state index contributed by atoms with van der Waals surface area (Å²) >= 11 is 1.41. The van der Waals surface area contributed by atoms with Crippen molar-refractivity contribution in [1.29, 1.82) is 5.26 Å². The van der Waals surface area contributed by atoms with E-state index in [2.05, 4.69) is 16.4 Å². The van der Waals surface area contributed by atoms with Crippen LogP contribution >= 0.6 is 11.3 Å². The van der Waals surface area contributed by atoms with Crippen LogP contribution in [-0.4, -0.2) is 24.4 Å². The highest BCUT2D eigenvalue weighted by molar-refractivity contribution is 7.14. The van der Waals surface area contributed by atoms with Crippen LogP contribution in [0.3, 0.4) is 0 Å². The number of nitrogens with one attached hydrogen (secondary N) is 1. The molecule has 0 aliphatic carbocycles. The fraction of sp³-hybridized carbons (Fsp3) is 0.455. The number of hydrogen-bond donors (Lipinski definition) is 2. The van der Waals surface area contributed by atoms with Gasteiger partial charge in [0.05, 0.1) is 16.9 Å². The van der Waals surface area contributed by atoms with Gasteiger partial charge in [0.2, 0.25) is 0 Å². The number of nitrogens with two attached hydrogens (primary N) is 1. The van der Waals surface area contributed by atoms with E-state index in [9.17, 15) is 4.79 Å². The molecular weight excluding hydrogens is 236 g/mol. The lowest BCUT2D eigenvalue weighted by atomic mass is 10.2. The monoisotopic (exact) mass is 252 g/mol. The number of carbonyl (C=O) groups excluding carboxylic acids is 1. The number of nitrogen functional groups attached to an aromatic ring is 1. The molecule has 0 radical (unpaired) electrons. The topological polar surface area (TPSA) is 82.2 Å². The average molecular weight is 252 g/mol. The standard InChI is InChI=1S/C11H16N4OS/c1-8(5-12)6-15(2)7-9-3-4-10(17-9)11(16)14-13/h3-4,8H,6-7,13H2,1-2H3,(H,14,16). The van der Waals surface area contributed by atoms with Crippen molar-refractivity contribution < 1.29 is 4.79 Å². The smallest absolute Gasteiger partial charge is 0.275 e. The average Bonchev–Trinajstić information content (AvgIpc) is 2.76. The zero-order chi connectivity index (χ0) is 12.8. The Morgan fingerprint density at radius 3 is 3.00 bits per heavy atom. The Labute approximate surface area is 105 Å². The molecule has 0 aromatic carbocycles. The van der Waals surface area contributed by atoms with Crippen molar-refractivity contribution in [3.8, 4) is 6.07 Å². The van der Waals surface area contributed by atoms with E-state index in [-0.39, 0.29) is 11.8 Å². The summed E-state index contributed by atoms with van der Waals surface area (Å²) in [5.74, 6) is 4.80. The Morgan fingerprint density at radius 2 is 2.41 bits per heavy atom. The number of hydrazine groups is 1. The molecule has 0 fully saturated rings. The van der Waals surface area contributed by atoms with Crippen LogP contribution in [-0.2, 0) is 6.54 Å². The maximum atomic E-state index is 11.3. The van der Waals surface area contributed by atoms with Crippen molar-refractivity contribution in [2.75, 3.05) is 13.6 Å². The zero-order valence-corrected chi connectivity index (χ0v) is 10.8. The van der Waals surface area contributed by atoms with Gasteiger partial charge in [-0.1, -0.05) is 0 Å². The van der Waals surface area contributed by atoms with E-state index < -0.39 is 0 Å². The lowest BCUT2D eigenvalue weighted by Crippen LogP contribution is -2.29. The number of nitriles is 1. The molecule has 1 rings (SSSR count). The summed E-state index contributed by atoms with van der Waals surface area (Å²) in [6, 6.07) is 5.85. The van der Waals surface area contributed by atoms with E-state index in [1.54, 1.807) is 6.07 Å². The first-order chi connectivity index (χ1) is 8.06. The van der Waals surface area contributed by atoms with Gasteiger partial charge in [-0.25, -0.2) is 5.84 Å². The molecule has 1 amide bonds. The molecule has 0 aliphatic rings. The van der Waals surface area contributed by atoms with Crippen LogP contribution < -0.4 is 11.3 Å². The highest BCUT2D eigenvalue weighted by Gasteiger charge is 2.10. The largest absolute Gasteiger partial charge is 0.300 e. The molecule has 0 bridgehead atoms. The molecule has 5 nitrogen and oxygen atoms in total. The molecule has 0 aliphatic heterocycles. The molecule has 0 spiro atoms. The summed E-state index contributed by atoms with van der Waals surface area (Å²) in [6.45, 7) is 3.33. The molecule has 0 saturated carbocycles. The van der Waals surface area contributed by atoms with Crippen molar-refractivity contribution in [3.05, 3.63) is 21.9 Å². The van der Waals surface area contributed by atoms with Crippen LogP contribution in [0.4, 0.5) is 0 Å². The molecule has 17 heavy (non-hydrogen) atoms. The molecule has 1 unspecified atom stereocenters. The lowest BCUT2D eigenvalue weighted by Gasteiger charge is -2.16. The van der Waals surface area contributed by atoms with E-state index in [1.807, 2.05) is 20.0 Å². The molecule has 3 N–H and O–H groups in total. The molecule has 92 valence electrons. The van der Waals surface area contributed by atoms with Crippen molar-refractivity contribution in [2.45, 2.75) is 13.5 Å². The minimum atomic E-state index is -0.269. The Kier molecular flexibility index (Phi) is 5.10. The summed E-state index contributed by atoms with van der Waals surface area (Å²) in [5.41, 5.74) is 2.10. The predicted octanol–water partition coefficient (Wildman–Crippen LogP) is 0.943. The van der Waals surface area contributed by atoms with Crippen molar-refractivity contribution in [1.82, 2.24) is 10.3 Å². The van der Waals surface area contributed by atoms with Gasteiger partial charge in [0, 0.05) is 18.0 Å². The van der Waals surface area contributed by atoms with Crippen molar-refractivity contribution in [2.24, 2.45) is 11.8 Å². The first-order valence-corrected chi connectivity index (χ1v) is 6.06. The molecule has 1 heterocycles. The third kappa shape index (κ3) is 4.15. The summed E-state index contributed by atoms with van der Waals surface area (Å²) in [4.78, 5) is 15.0. The zero-order valence-electron chi connectivity index (χ0n) is 9.93. The van der Waals surface area contributed by atoms with Gasteiger partial charge in [-0.05, 0) is 26.1 Å². The second-order valence-corrected chi connectivity index (χ2v) is 5.13. The molecule has 1 aromatic heterocycles. The molecule has 1 aromatic rings. The van der Waals surface area contributed by atoms with E-state index in [4.69, 9.17) is 11.1 Å². The molecule has 6 heteroatoms. The van der Waals surface area contributed by atoms with Gasteiger partial charge in [0.15, 0.2) is 0 Å². The fourth-order valence-corrected chi connectivity index (χ4v) is 2.49. The van der Waals surface area contributed by atoms with Crippen molar-refractivity contribution >= 4 is 17.2 Å². The summed E-state index contributed by atoms with van der Waals surface area (Å²) in [6.07, 6.45) is 0. The molecule has 0 saturated heterocycles. The number of nitrogens with zero attached hydrogens (tertiary/aromatic N) is 2. The second-order valence-electron chi connectivity index (χ2n) is 3.97. The third-order valence-electron chi connectivity index (χ3n) is 2.25. The molecule has 1 atom stereocenters. The van der Waals surface area contributed by atoms with Gasteiger partial charge in [-0.3, -0.25) is 10.2 Å². The van der Waals surface area contributed by atoms with E-state index in [0.717, 1.165) is 11.4 Å². The quantitative estimate of drug-likeness (QED) is 0.464. The van der Waals surface area contributed by atoms with E-state index >= 15 is 0 Å². The van der Waals surface area contributed by atoms with Crippen LogP contribution in [0.25, 0.3) is 0 Å². The van der Waals surface area contributed by atoms with Crippen molar-refractivity contribution in [3.63, 3.8) is 0 Å². The normalized spacial score (nSPS) is 12.2. The predicted molar refractivity (Wildman–Crippen MR) is 67.1 cm³/mol. The van der Waals surface area contributed by atoms with Crippen LogP contribution in [0, 0.1) is 17.2 Å². The summed E-state index contributed by atoms with van der Waals surface area (Å²) in [7, 11) is 1.95.